The predicted octanol–water partition coefficient (Wildman–Crippen LogP) is 1.69. The van der Waals surface area contributed by atoms with Gasteiger partial charge in [0, 0.05) is 6.54 Å². The van der Waals surface area contributed by atoms with Crippen molar-refractivity contribution in [1.29, 1.82) is 0 Å². The number of nitrogens with zero attached hydrogens (tertiary/aromatic N) is 2. The van der Waals surface area contributed by atoms with E-state index in [0.717, 1.165) is 5.52 Å². The van der Waals surface area contributed by atoms with E-state index in [1.165, 1.54) is 12.1 Å². The fourth-order valence-electron chi connectivity index (χ4n) is 1.82. The monoisotopic (exact) mass is 262 g/mol. The van der Waals surface area contributed by atoms with Gasteiger partial charge in [-0.2, -0.15) is 0 Å². The third-order valence-corrected chi connectivity index (χ3v) is 2.73. The largest absolute Gasteiger partial charge is 0.478 e. The van der Waals surface area contributed by atoms with Gasteiger partial charge in [0.1, 0.15) is 0 Å². The molecule has 0 aliphatic rings. The minimum atomic E-state index is -0.983. The van der Waals surface area contributed by atoms with Gasteiger partial charge in [0.2, 0.25) is 0 Å². The SMILES string of the molecule is CCOC(=O)CCn1cnc2cc(C(=O)O)ccc21. The number of fused-ring (bicyclic) bond motifs is 1. The standard InChI is InChI=1S/C13H14N2O4/c1-2-19-12(16)5-6-15-8-14-10-7-9(13(17)18)3-4-11(10)15/h3-4,7-8H,2,5-6H2,1H3,(H,17,18). The van der Waals surface area contributed by atoms with Crippen LogP contribution in [0, 0.1) is 0 Å². The minimum absolute atomic E-state index is 0.197. The smallest absolute Gasteiger partial charge is 0.335 e. The zero-order chi connectivity index (χ0) is 13.8. The van der Waals surface area contributed by atoms with Gasteiger partial charge in [-0.3, -0.25) is 4.79 Å². The highest BCUT2D eigenvalue weighted by Gasteiger charge is 2.09. The Hall–Kier alpha value is -2.37. The van der Waals surface area contributed by atoms with Crippen molar-refractivity contribution in [3.05, 3.63) is 30.1 Å². The average molecular weight is 262 g/mol. The fraction of sp³-hybridized carbons (Fsp3) is 0.308. The molecular formula is C13H14N2O4. The number of rotatable bonds is 5. The molecule has 0 unspecified atom stereocenters. The van der Waals surface area contributed by atoms with Crippen molar-refractivity contribution in [1.82, 2.24) is 9.55 Å². The quantitative estimate of drug-likeness (QED) is 0.829. The summed E-state index contributed by atoms with van der Waals surface area (Å²) in [5.74, 6) is -1.24. The third-order valence-electron chi connectivity index (χ3n) is 2.73. The van der Waals surface area contributed by atoms with Crippen molar-refractivity contribution in [3.8, 4) is 0 Å². The molecule has 100 valence electrons. The zero-order valence-electron chi connectivity index (χ0n) is 10.5. The van der Waals surface area contributed by atoms with E-state index in [1.807, 2.05) is 0 Å². The lowest BCUT2D eigenvalue weighted by Crippen LogP contribution is -2.08. The summed E-state index contributed by atoms with van der Waals surface area (Å²) >= 11 is 0. The van der Waals surface area contributed by atoms with Gasteiger partial charge in [-0.25, -0.2) is 9.78 Å². The van der Waals surface area contributed by atoms with Crippen LogP contribution in [0.15, 0.2) is 24.5 Å². The van der Waals surface area contributed by atoms with Crippen molar-refractivity contribution in [2.75, 3.05) is 6.61 Å². The van der Waals surface area contributed by atoms with E-state index < -0.39 is 5.97 Å². The lowest BCUT2D eigenvalue weighted by atomic mass is 10.2. The molecule has 0 saturated heterocycles. The van der Waals surface area contributed by atoms with E-state index in [1.54, 1.807) is 23.9 Å². The van der Waals surface area contributed by atoms with Gasteiger partial charge in [-0.15, -0.1) is 0 Å². The van der Waals surface area contributed by atoms with Crippen molar-refractivity contribution in [2.45, 2.75) is 19.9 Å². The summed E-state index contributed by atoms with van der Waals surface area (Å²) in [5, 5.41) is 8.89. The Balaban J connectivity index is 2.17. The molecule has 0 bridgehead atoms. The number of hydrogen-bond donors (Lipinski definition) is 1. The Morgan fingerprint density at radius 2 is 2.21 bits per heavy atom. The van der Waals surface area contributed by atoms with Gasteiger partial charge in [0.25, 0.3) is 0 Å². The van der Waals surface area contributed by atoms with E-state index in [0.29, 0.717) is 18.7 Å². The van der Waals surface area contributed by atoms with Gasteiger partial charge < -0.3 is 14.4 Å². The maximum absolute atomic E-state index is 11.3. The first-order valence-electron chi connectivity index (χ1n) is 5.95. The molecule has 0 aliphatic carbocycles. The lowest BCUT2D eigenvalue weighted by molar-refractivity contribution is -0.143. The van der Waals surface area contributed by atoms with Crippen LogP contribution in [0.1, 0.15) is 23.7 Å². The average Bonchev–Trinajstić information content (AvgIpc) is 2.79. The topological polar surface area (TPSA) is 81.4 Å². The van der Waals surface area contributed by atoms with E-state index in [2.05, 4.69) is 4.98 Å². The molecule has 1 heterocycles. The molecule has 2 rings (SSSR count). The first-order chi connectivity index (χ1) is 9.11. The molecule has 0 radical (unpaired) electrons. The van der Waals surface area contributed by atoms with Gasteiger partial charge >= 0.3 is 11.9 Å². The maximum Gasteiger partial charge on any atom is 0.335 e. The number of imidazole rings is 1. The number of carboxylic acid groups (broad SMARTS) is 1. The number of esters is 1. The molecule has 0 atom stereocenters. The van der Waals surface area contributed by atoms with Gasteiger partial charge in [0.05, 0.1) is 36.0 Å². The fourth-order valence-corrected chi connectivity index (χ4v) is 1.82. The molecule has 1 aromatic carbocycles. The second-order valence-electron chi connectivity index (χ2n) is 4.00. The summed E-state index contributed by atoms with van der Waals surface area (Å²) < 4.78 is 6.66. The second kappa shape index (κ2) is 5.51. The van der Waals surface area contributed by atoms with Crippen molar-refractivity contribution >= 4 is 23.0 Å². The lowest BCUT2D eigenvalue weighted by Gasteiger charge is -2.04. The molecule has 0 amide bonds. The molecular weight excluding hydrogens is 248 g/mol. The number of carbonyl (C=O) groups is 2. The number of carboxylic acids is 1. The third kappa shape index (κ3) is 2.90. The van der Waals surface area contributed by atoms with Crippen LogP contribution in [-0.2, 0) is 16.1 Å². The minimum Gasteiger partial charge on any atom is -0.478 e. The normalized spacial score (nSPS) is 10.6. The molecule has 0 spiro atoms. The number of ether oxygens (including phenoxy) is 1. The number of aryl methyl sites for hydroxylation is 1. The summed E-state index contributed by atoms with van der Waals surface area (Å²) in [4.78, 5) is 26.3. The Labute approximate surface area is 109 Å². The molecule has 0 saturated carbocycles. The Kier molecular flexibility index (Phi) is 3.79. The van der Waals surface area contributed by atoms with Gasteiger partial charge in [-0.05, 0) is 25.1 Å². The number of aromatic carboxylic acids is 1. The highest BCUT2D eigenvalue weighted by Crippen LogP contribution is 2.15. The van der Waals surface area contributed by atoms with Crippen molar-refractivity contribution in [3.63, 3.8) is 0 Å². The second-order valence-corrected chi connectivity index (χ2v) is 4.00. The van der Waals surface area contributed by atoms with Crippen LogP contribution < -0.4 is 0 Å². The predicted molar refractivity (Wildman–Crippen MR) is 67.9 cm³/mol. The van der Waals surface area contributed by atoms with Crippen LogP contribution in [-0.4, -0.2) is 33.2 Å². The van der Waals surface area contributed by atoms with Crippen molar-refractivity contribution < 1.29 is 19.4 Å². The molecule has 0 aliphatic heterocycles. The summed E-state index contributed by atoms with van der Waals surface area (Å²) in [6, 6.07) is 4.72. The van der Waals surface area contributed by atoms with Gasteiger partial charge in [-0.1, -0.05) is 0 Å². The van der Waals surface area contributed by atoms with Crippen LogP contribution in [0.4, 0.5) is 0 Å². The number of aromatic nitrogens is 2. The highest BCUT2D eigenvalue weighted by atomic mass is 16.5. The summed E-state index contributed by atoms with van der Waals surface area (Å²) in [5.41, 5.74) is 1.60. The number of benzene rings is 1. The Morgan fingerprint density at radius 3 is 2.89 bits per heavy atom. The van der Waals surface area contributed by atoms with Crippen LogP contribution in [0.25, 0.3) is 11.0 Å². The van der Waals surface area contributed by atoms with Crippen LogP contribution in [0.5, 0.6) is 0 Å². The van der Waals surface area contributed by atoms with Crippen LogP contribution >= 0.6 is 0 Å². The molecule has 6 nitrogen and oxygen atoms in total. The van der Waals surface area contributed by atoms with E-state index in [4.69, 9.17) is 9.84 Å². The molecule has 19 heavy (non-hydrogen) atoms. The summed E-state index contributed by atoms with van der Waals surface area (Å²) in [6.07, 6.45) is 1.86. The van der Waals surface area contributed by atoms with E-state index in [-0.39, 0.29) is 18.0 Å². The molecule has 1 N–H and O–H groups in total. The maximum atomic E-state index is 11.3. The Bertz CT molecular complexity index is 618. The molecule has 0 fully saturated rings. The van der Waals surface area contributed by atoms with Crippen LogP contribution in [0.3, 0.4) is 0 Å². The first kappa shape index (κ1) is 13.1. The van der Waals surface area contributed by atoms with E-state index in [9.17, 15) is 9.59 Å². The number of carbonyl (C=O) groups excluding carboxylic acids is 1. The Morgan fingerprint density at radius 1 is 1.42 bits per heavy atom. The van der Waals surface area contributed by atoms with Gasteiger partial charge in [0.15, 0.2) is 0 Å². The first-order valence-corrected chi connectivity index (χ1v) is 5.95. The molecule has 6 heteroatoms. The summed E-state index contributed by atoms with van der Waals surface area (Å²) in [6.45, 7) is 2.59. The zero-order valence-corrected chi connectivity index (χ0v) is 10.5. The van der Waals surface area contributed by atoms with Crippen LogP contribution in [0.2, 0.25) is 0 Å². The highest BCUT2D eigenvalue weighted by molar-refractivity contribution is 5.92. The number of hydrogen-bond acceptors (Lipinski definition) is 4. The van der Waals surface area contributed by atoms with E-state index >= 15 is 0 Å². The summed E-state index contributed by atoms with van der Waals surface area (Å²) in [7, 11) is 0. The molecule has 2 aromatic rings. The molecule has 1 aromatic heterocycles. The van der Waals surface area contributed by atoms with Crippen molar-refractivity contribution in [2.24, 2.45) is 0 Å².